The Morgan fingerprint density at radius 2 is 1.78 bits per heavy atom. The summed E-state index contributed by atoms with van der Waals surface area (Å²) in [5, 5.41) is 14.3. The van der Waals surface area contributed by atoms with Gasteiger partial charge < -0.3 is 19.9 Å². The molecule has 2 N–H and O–H groups in total. The highest BCUT2D eigenvalue weighted by molar-refractivity contribution is 6.42. The van der Waals surface area contributed by atoms with Gasteiger partial charge >= 0.3 is 0 Å². The molecule has 0 spiro atoms. The molecule has 0 fully saturated rings. The highest BCUT2D eigenvalue weighted by Gasteiger charge is 2.20. The van der Waals surface area contributed by atoms with Crippen molar-refractivity contribution >= 4 is 35.6 Å². The number of aliphatic hydroxyl groups is 1. The van der Waals surface area contributed by atoms with Crippen molar-refractivity contribution in [3.63, 3.8) is 0 Å². The van der Waals surface area contributed by atoms with E-state index >= 15 is 0 Å². The second kappa shape index (κ2) is 11.0. The first-order valence-corrected chi connectivity index (χ1v) is 9.19. The average molecular weight is 435 g/mol. The molecule has 150 valence electrons. The van der Waals surface area contributed by atoms with Crippen LogP contribution in [0.2, 0.25) is 10.0 Å². The molecular weight excluding hydrogens is 409 g/mol. The van der Waals surface area contributed by atoms with Gasteiger partial charge in [0, 0.05) is 12.1 Å². The van der Waals surface area contributed by atoms with Crippen molar-refractivity contribution < 1.29 is 14.6 Å². The molecular formula is C20H26Cl3NO3. The van der Waals surface area contributed by atoms with Crippen LogP contribution in [0.5, 0.6) is 11.5 Å². The minimum absolute atomic E-state index is 0. The minimum Gasteiger partial charge on any atom is -0.497 e. The van der Waals surface area contributed by atoms with E-state index in [1.165, 1.54) is 5.56 Å². The smallest absolute Gasteiger partial charge is 0.139 e. The molecule has 0 amide bonds. The Balaban J connectivity index is 0.00000364. The average Bonchev–Trinajstić information content (AvgIpc) is 2.61. The van der Waals surface area contributed by atoms with Gasteiger partial charge in [0.05, 0.1) is 12.1 Å². The van der Waals surface area contributed by atoms with E-state index in [0.29, 0.717) is 22.3 Å². The molecule has 2 aromatic rings. The lowest BCUT2D eigenvalue weighted by Gasteiger charge is -2.28. The SMILES string of the molecule is COc1ccc(CC(C)(C)NC[C@H](O)COc2cccc(Cl)c2Cl)cc1.Cl. The molecule has 0 aliphatic carbocycles. The number of halogens is 3. The predicted molar refractivity (Wildman–Crippen MR) is 114 cm³/mol. The van der Waals surface area contributed by atoms with Gasteiger partial charge in [-0.2, -0.15) is 0 Å². The zero-order valence-corrected chi connectivity index (χ0v) is 18.0. The summed E-state index contributed by atoms with van der Waals surface area (Å²) >= 11 is 12.0. The molecule has 0 bridgehead atoms. The van der Waals surface area contributed by atoms with Crippen LogP contribution >= 0.6 is 35.6 Å². The molecule has 0 aliphatic rings. The molecule has 0 aliphatic heterocycles. The standard InChI is InChI=1S/C20H25Cl2NO3.ClH/c1-20(2,11-14-7-9-16(25-3)10-8-14)23-12-15(24)13-26-18-6-4-5-17(21)19(18)22;/h4-10,15,23-24H,11-13H2,1-3H3;1H/t15-;/m0./s1. The number of ether oxygens (including phenoxy) is 2. The van der Waals surface area contributed by atoms with E-state index in [4.69, 9.17) is 32.7 Å². The van der Waals surface area contributed by atoms with E-state index in [1.54, 1.807) is 25.3 Å². The number of methoxy groups -OCH3 is 1. The summed E-state index contributed by atoms with van der Waals surface area (Å²) < 4.78 is 10.7. The lowest BCUT2D eigenvalue weighted by atomic mass is 9.94. The van der Waals surface area contributed by atoms with Crippen molar-refractivity contribution in [2.45, 2.75) is 31.9 Å². The highest BCUT2D eigenvalue weighted by Crippen LogP contribution is 2.31. The summed E-state index contributed by atoms with van der Waals surface area (Å²) in [5.41, 5.74) is 1.02. The molecule has 7 heteroatoms. The van der Waals surface area contributed by atoms with Crippen molar-refractivity contribution in [3.8, 4) is 11.5 Å². The third kappa shape index (κ3) is 7.76. The number of hydrogen-bond acceptors (Lipinski definition) is 4. The largest absolute Gasteiger partial charge is 0.497 e. The fourth-order valence-corrected chi connectivity index (χ4v) is 2.90. The maximum atomic E-state index is 10.2. The minimum atomic E-state index is -0.666. The van der Waals surface area contributed by atoms with Gasteiger partial charge in [-0.25, -0.2) is 0 Å². The van der Waals surface area contributed by atoms with Crippen LogP contribution in [0.1, 0.15) is 19.4 Å². The van der Waals surface area contributed by atoms with E-state index < -0.39 is 6.10 Å². The highest BCUT2D eigenvalue weighted by atomic mass is 35.5. The van der Waals surface area contributed by atoms with Crippen molar-refractivity contribution in [3.05, 3.63) is 58.1 Å². The summed E-state index contributed by atoms with van der Waals surface area (Å²) in [6.45, 7) is 4.73. The normalized spacial score (nSPS) is 12.2. The van der Waals surface area contributed by atoms with Gasteiger partial charge in [0.15, 0.2) is 0 Å². The predicted octanol–water partition coefficient (Wildman–Crippen LogP) is 4.77. The maximum absolute atomic E-state index is 10.2. The van der Waals surface area contributed by atoms with Crippen molar-refractivity contribution in [1.29, 1.82) is 0 Å². The van der Waals surface area contributed by atoms with E-state index in [1.807, 2.05) is 24.3 Å². The molecule has 0 aromatic heterocycles. The van der Waals surface area contributed by atoms with Crippen LogP contribution in [0.4, 0.5) is 0 Å². The van der Waals surface area contributed by atoms with Crippen LogP contribution in [0.25, 0.3) is 0 Å². The van der Waals surface area contributed by atoms with Crippen LogP contribution in [0.15, 0.2) is 42.5 Å². The molecule has 4 nitrogen and oxygen atoms in total. The van der Waals surface area contributed by atoms with Crippen LogP contribution in [-0.2, 0) is 6.42 Å². The van der Waals surface area contributed by atoms with Crippen molar-refractivity contribution in [2.24, 2.45) is 0 Å². The van der Waals surface area contributed by atoms with E-state index in [9.17, 15) is 5.11 Å². The molecule has 0 saturated heterocycles. The van der Waals surface area contributed by atoms with Crippen LogP contribution in [0.3, 0.4) is 0 Å². The number of nitrogens with one attached hydrogen (secondary N) is 1. The molecule has 27 heavy (non-hydrogen) atoms. The van der Waals surface area contributed by atoms with Gasteiger partial charge in [0.1, 0.15) is 29.2 Å². The third-order valence-electron chi connectivity index (χ3n) is 3.97. The topological polar surface area (TPSA) is 50.7 Å². The second-order valence-corrected chi connectivity index (χ2v) is 7.59. The Morgan fingerprint density at radius 3 is 2.41 bits per heavy atom. The molecule has 0 unspecified atom stereocenters. The Morgan fingerprint density at radius 1 is 1.11 bits per heavy atom. The zero-order chi connectivity index (χ0) is 19.2. The quantitative estimate of drug-likeness (QED) is 0.596. The molecule has 0 saturated carbocycles. The number of β-amino-alcohol motifs (C(OH)–C–C–N with tert-alkyl or cyclic N) is 1. The lowest BCUT2D eigenvalue weighted by Crippen LogP contribution is -2.46. The van der Waals surface area contributed by atoms with Crippen LogP contribution in [-0.4, -0.2) is 37.0 Å². The van der Waals surface area contributed by atoms with Gasteiger partial charge in [0.2, 0.25) is 0 Å². The van der Waals surface area contributed by atoms with E-state index in [2.05, 4.69) is 19.2 Å². The molecule has 0 radical (unpaired) electrons. The first-order chi connectivity index (χ1) is 12.3. The third-order valence-corrected chi connectivity index (χ3v) is 4.77. The van der Waals surface area contributed by atoms with Gasteiger partial charge in [0.25, 0.3) is 0 Å². The first-order valence-electron chi connectivity index (χ1n) is 8.43. The fraction of sp³-hybridized carbons (Fsp3) is 0.400. The molecule has 2 aromatic carbocycles. The van der Waals surface area contributed by atoms with Crippen molar-refractivity contribution in [1.82, 2.24) is 5.32 Å². The molecule has 1 atom stereocenters. The fourth-order valence-electron chi connectivity index (χ4n) is 2.55. The van der Waals surface area contributed by atoms with E-state index in [0.717, 1.165) is 12.2 Å². The number of hydrogen-bond donors (Lipinski definition) is 2. The zero-order valence-electron chi connectivity index (χ0n) is 15.7. The Bertz CT molecular complexity index is 708. The summed E-state index contributed by atoms with van der Waals surface area (Å²) in [7, 11) is 1.65. The first kappa shape index (κ1) is 23.9. The maximum Gasteiger partial charge on any atom is 0.139 e. The number of rotatable bonds is 9. The van der Waals surface area contributed by atoms with Crippen molar-refractivity contribution in [2.75, 3.05) is 20.3 Å². The number of benzene rings is 2. The van der Waals surface area contributed by atoms with Gasteiger partial charge in [-0.05, 0) is 50.1 Å². The monoisotopic (exact) mass is 433 g/mol. The lowest BCUT2D eigenvalue weighted by molar-refractivity contribution is 0.0989. The van der Waals surface area contributed by atoms with Crippen LogP contribution < -0.4 is 14.8 Å². The summed E-state index contributed by atoms with van der Waals surface area (Å²) in [4.78, 5) is 0. The Kier molecular flexibility index (Phi) is 9.71. The number of aliphatic hydroxyl groups excluding tert-OH is 1. The van der Waals surface area contributed by atoms with Gasteiger partial charge in [-0.15, -0.1) is 12.4 Å². The summed E-state index contributed by atoms with van der Waals surface area (Å²) in [6.07, 6.45) is 0.158. The summed E-state index contributed by atoms with van der Waals surface area (Å²) in [5.74, 6) is 1.31. The second-order valence-electron chi connectivity index (χ2n) is 6.81. The molecule has 2 rings (SSSR count). The summed E-state index contributed by atoms with van der Waals surface area (Å²) in [6, 6.07) is 13.2. The molecule has 0 heterocycles. The van der Waals surface area contributed by atoms with E-state index in [-0.39, 0.29) is 24.6 Å². The van der Waals surface area contributed by atoms with Crippen LogP contribution in [0, 0.1) is 0 Å². The van der Waals surface area contributed by atoms with Gasteiger partial charge in [-0.3, -0.25) is 0 Å². The Labute approximate surface area is 177 Å². The van der Waals surface area contributed by atoms with Gasteiger partial charge in [-0.1, -0.05) is 41.4 Å². The Hall–Kier alpha value is -1.17.